The van der Waals surface area contributed by atoms with Gasteiger partial charge < -0.3 is 10.2 Å². The zero-order valence-corrected chi connectivity index (χ0v) is 17.1. The molecular formula is C21H30ClF2N3. The van der Waals surface area contributed by atoms with Crippen LogP contribution >= 0.6 is 11.6 Å². The van der Waals surface area contributed by atoms with Crippen molar-refractivity contribution in [1.29, 1.82) is 0 Å². The van der Waals surface area contributed by atoms with Crippen molar-refractivity contribution in [2.24, 2.45) is 0 Å². The third-order valence-electron chi connectivity index (χ3n) is 4.82. The van der Waals surface area contributed by atoms with E-state index in [1.165, 1.54) is 5.57 Å². The molecule has 2 unspecified atom stereocenters. The van der Waals surface area contributed by atoms with Crippen LogP contribution in [0, 0.1) is 0 Å². The van der Waals surface area contributed by atoms with E-state index >= 15 is 0 Å². The molecule has 0 saturated heterocycles. The minimum absolute atomic E-state index is 0.0270. The van der Waals surface area contributed by atoms with Crippen LogP contribution in [-0.4, -0.2) is 37.1 Å². The Morgan fingerprint density at radius 2 is 2.07 bits per heavy atom. The Hall–Kier alpha value is -1.59. The van der Waals surface area contributed by atoms with Gasteiger partial charge in [-0.05, 0) is 51.0 Å². The van der Waals surface area contributed by atoms with Crippen molar-refractivity contribution >= 4 is 11.6 Å². The summed E-state index contributed by atoms with van der Waals surface area (Å²) >= 11 is 6.11. The molecule has 0 aromatic carbocycles. The Bertz CT molecular complexity index is 664. The fourth-order valence-corrected chi connectivity index (χ4v) is 3.67. The van der Waals surface area contributed by atoms with Gasteiger partial charge in [0.1, 0.15) is 6.17 Å². The van der Waals surface area contributed by atoms with Gasteiger partial charge in [-0.15, -0.1) is 0 Å². The first-order valence-electron chi connectivity index (χ1n) is 9.45. The molecule has 0 saturated carbocycles. The van der Waals surface area contributed by atoms with E-state index in [0.29, 0.717) is 6.54 Å². The molecular weight excluding hydrogens is 368 g/mol. The molecule has 2 rings (SSSR count). The molecule has 1 aliphatic carbocycles. The Morgan fingerprint density at radius 3 is 2.63 bits per heavy atom. The van der Waals surface area contributed by atoms with Crippen LogP contribution < -0.4 is 10.6 Å². The Kier molecular flexibility index (Phi) is 8.11. The van der Waals surface area contributed by atoms with Gasteiger partial charge in [0.2, 0.25) is 0 Å². The predicted octanol–water partition coefficient (Wildman–Crippen LogP) is 5.06. The molecule has 0 fully saturated rings. The second-order valence-corrected chi connectivity index (χ2v) is 7.64. The van der Waals surface area contributed by atoms with Crippen molar-refractivity contribution in [1.82, 2.24) is 15.5 Å². The van der Waals surface area contributed by atoms with E-state index in [-0.39, 0.29) is 6.04 Å². The van der Waals surface area contributed by atoms with Crippen LogP contribution in [0.2, 0.25) is 0 Å². The van der Waals surface area contributed by atoms with Crippen molar-refractivity contribution in [3.05, 3.63) is 58.5 Å². The highest BCUT2D eigenvalue weighted by Crippen LogP contribution is 2.28. The summed E-state index contributed by atoms with van der Waals surface area (Å²) in [5.41, 5.74) is 4.17. The average molecular weight is 398 g/mol. The van der Waals surface area contributed by atoms with Crippen LogP contribution in [0.4, 0.5) is 8.78 Å². The lowest BCUT2D eigenvalue weighted by Crippen LogP contribution is -2.48. The lowest BCUT2D eigenvalue weighted by atomic mass is 9.90. The number of alkyl halides is 2. The first kappa shape index (κ1) is 21.7. The van der Waals surface area contributed by atoms with E-state index in [9.17, 15) is 8.78 Å². The largest absolute Gasteiger partial charge is 0.374 e. The van der Waals surface area contributed by atoms with Gasteiger partial charge in [-0.3, -0.25) is 5.32 Å². The first-order valence-corrected chi connectivity index (χ1v) is 9.83. The maximum absolute atomic E-state index is 13.3. The molecule has 2 N–H and O–H groups in total. The second kappa shape index (κ2) is 10.1. The highest BCUT2D eigenvalue weighted by molar-refractivity contribution is 6.29. The summed E-state index contributed by atoms with van der Waals surface area (Å²) in [6, 6.07) is -0.0270. The van der Waals surface area contributed by atoms with E-state index in [0.717, 1.165) is 47.6 Å². The molecule has 2 atom stereocenters. The topological polar surface area (TPSA) is 27.3 Å². The van der Waals surface area contributed by atoms with Crippen molar-refractivity contribution < 1.29 is 8.78 Å². The summed E-state index contributed by atoms with van der Waals surface area (Å²) < 4.78 is 26.7. The zero-order chi connectivity index (χ0) is 20.0. The van der Waals surface area contributed by atoms with Crippen LogP contribution in [0.25, 0.3) is 0 Å². The van der Waals surface area contributed by atoms with Crippen LogP contribution in [0.3, 0.4) is 0 Å². The summed E-state index contributed by atoms with van der Waals surface area (Å²) in [6.45, 7) is 8.83. The molecule has 0 spiro atoms. The minimum Gasteiger partial charge on any atom is -0.374 e. The van der Waals surface area contributed by atoms with E-state index in [1.54, 1.807) is 18.1 Å². The predicted molar refractivity (Wildman–Crippen MR) is 110 cm³/mol. The number of rotatable bonds is 9. The van der Waals surface area contributed by atoms with Gasteiger partial charge in [0.15, 0.2) is 0 Å². The van der Waals surface area contributed by atoms with E-state index in [4.69, 9.17) is 11.6 Å². The minimum atomic E-state index is -2.47. The average Bonchev–Trinajstić information content (AvgIpc) is 2.60. The van der Waals surface area contributed by atoms with Gasteiger partial charge >= 0.3 is 0 Å². The standard InChI is InChI=1S/C21H30ClF2N3/c1-5-6-15(3)19(16-7-9-17(22)10-8-16)26-18-11-14(2)12-27(13-18)21(25-4)20(23)24/h7,9,11,13,19-21,25-26H,3,5-6,8,10,12H2,1-2,4H3. The second-order valence-electron chi connectivity index (χ2n) is 7.16. The van der Waals surface area contributed by atoms with Gasteiger partial charge in [-0.2, -0.15) is 0 Å². The SMILES string of the molecule is C=C(CCC)C(NC1=CN(C(NC)C(F)F)CC(C)=C1)C1=CC=C(Cl)CC1. The monoisotopic (exact) mass is 397 g/mol. The van der Waals surface area contributed by atoms with Gasteiger partial charge in [0.05, 0.1) is 11.7 Å². The molecule has 0 bridgehead atoms. The number of hydrogen-bond donors (Lipinski definition) is 2. The normalized spacial score (nSPS) is 19.7. The molecule has 150 valence electrons. The van der Waals surface area contributed by atoms with Crippen molar-refractivity contribution in [2.45, 2.75) is 58.2 Å². The number of nitrogens with one attached hydrogen (secondary N) is 2. The molecule has 3 nitrogen and oxygen atoms in total. The molecule has 1 aliphatic heterocycles. The van der Waals surface area contributed by atoms with E-state index in [2.05, 4.69) is 30.2 Å². The summed E-state index contributed by atoms with van der Waals surface area (Å²) in [6.07, 6.45) is 7.89. The molecule has 0 aromatic heterocycles. The van der Waals surface area contributed by atoms with Crippen LogP contribution in [0.5, 0.6) is 0 Å². The fourth-order valence-electron chi connectivity index (χ4n) is 3.51. The molecule has 6 heteroatoms. The van der Waals surface area contributed by atoms with Gasteiger partial charge in [-0.1, -0.05) is 48.7 Å². The summed E-state index contributed by atoms with van der Waals surface area (Å²) in [4.78, 5) is 1.65. The van der Waals surface area contributed by atoms with Crippen LogP contribution in [0.15, 0.2) is 58.5 Å². The number of halogens is 3. The Balaban J connectivity index is 2.26. The van der Waals surface area contributed by atoms with Gasteiger partial charge in [-0.25, -0.2) is 8.78 Å². The van der Waals surface area contributed by atoms with E-state index < -0.39 is 12.6 Å². The molecule has 27 heavy (non-hydrogen) atoms. The third-order valence-corrected chi connectivity index (χ3v) is 5.14. The van der Waals surface area contributed by atoms with Gasteiger partial charge in [0.25, 0.3) is 6.43 Å². The number of allylic oxidation sites excluding steroid dienone is 4. The molecule has 2 aliphatic rings. The molecule has 0 aromatic rings. The smallest absolute Gasteiger partial charge is 0.271 e. The van der Waals surface area contributed by atoms with Crippen molar-refractivity contribution in [3.8, 4) is 0 Å². The lowest BCUT2D eigenvalue weighted by Gasteiger charge is -2.35. The summed E-state index contributed by atoms with van der Waals surface area (Å²) in [5, 5.41) is 7.09. The zero-order valence-electron chi connectivity index (χ0n) is 16.4. The quantitative estimate of drug-likeness (QED) is 0.532. The van der Waals surface area contributed by atoms with Gasteiger partial charge in [0, 0.05) is 17.8 Å². The molecule has 0 radical (unpaired) electrons. The maximum atomic E-state index is 13.3. The Labute approximate surface area is 166 Å². The van der Waals surface area contributed by atoms with Crippen LogP contribution in [0.1, 0.15) is 39.5 Å². The highest BCUT2D eigenvalue weighted by atomic mass is 35.5. The van der Waals surface area contributed by atoms with E-state index in [1.807, 2.05) is 19.1 Å². The third kappa shape index (κ3) is 5.94. The number of hydrogen-bond acceptors (Lipinski definition) is 3. The first-order chi connectivity index (χ1) is 12.8. The summed E-state index contributed by atoms with van der Waals surface area (Å²) in [7, 11) is 1.56. The maximum Gasteiger partial charge on any atom is 0.271 e. The molecule has 0 amide bonds. The van der Waals surface area contributed by atoms with Crippen molar-refractivity contribution in [3.63, 3.8) is 0 Å². The van der Waals surface area contributed by atoms with Crippen molar-refractivity contribution in [2.75, 3.05) is 13.6 Å². The number of nitrogens with zero attached hydrogens (tertiary/aromatic N) is 1. The Morgan fingerprint density at radius 1 is 1.33 bits per heavy atom. The van der Waals surface area contributed by atoms with Crippen LogP contribution in [-0.2, 0) is 0 Å². The molecule has 1 heterocycles. The summed E-state index contributed by atoms with van der Waals surface area (Å²) in [5.74, 6) is 0. The fraction of sp³-hybridized carbons (Fsp3) is 0.524. The lowest BCUT2D eigenvalue weighted by molar-refractivity contribution is 0.0358. The highest BCUT2D eigenvalue weighted by Gasteiger charge is 2.27.